The highest BCUT2D eigenvalue weighted by atomic mass is 19.1. The van der Waals surface area contributed by atoms with Gasteiger partial charge in [0.15, 0.2) is 0 Å². The fourth-order valence-corrected chi connectivity index (χ4v) is 1.53. The third-order valence-corrected chi connectivity index (χ3v) is 2.63. The maximum Gasteiger partial charge on any atom is 0.326 e. The highest BCUT2D eigenvalue weighted by molar-refractivity contribution is 5.96. The molecule has 1 atom stereocenters. The number of nitrogens with zero attached hydrogens (tertiary/aromatic N) is 1. The van der Waals surface area contributed by atoms with Crippen molar-refractivity contribution in [2.75, 3.05) is 0 Å². The molecule has 0 spiro atoms. The number of nitro groups is 1. The quantitative estimate of drug-likeness (QED) is 0.630. The zero-order valence-electron chi connectivity index (χ0n) is 10.8. The monoisotopic (exact) mass is 284 g/mol. The number of hydrogen-bond acceptors (Lipinski definition) is 4. The first-order valence-corrected chi connectivity index (χ1v) is 5.71. The van der Waals surface area contributed by atoms with Gasteiger partial charge in [-0.2, -0.15) is 4.39 Å². The highest BCUT2D eigenvalue weighted by Crippen LogP contribution is 2.18. The van der Waals surface area contributed by atoms with Crippen LogP contribution in [0.2, 0.25) is 0 Å². The lowest BCUT2D eigenvalue weighted by Crippen LogP contribution is -2.44. The summed E-state index contributed by atoms with van der Waals surface area (Å²) in [4.78, 5) is 32.3. The number of amides is 1. The standard InChI is InChI=1S/C12H13FN2O5/c1-6(2)10(12(17)18)14-11(16)7-3-4-9(15(19)20)8(13)5-7/h3-6,10H,1-2H3,(H,14,16)(H,17,18)/t10-/m1/s1. The van der Waals surface area contributed by atoms with E-state index >= 15 is 0 Å². The van der Waals surface area contributed by atoms with Crippen LogP contribution >= 0.6 is 0 Å². The average Bonchev–Trinajstić information content (AvgIpc) is 2.34. The number of aliphatic carboxylic acids is 1. The Balaban J connectivity index is 2.96. The number of rotatable bonds is 5. The van der Waals surface area contributed by atoms with Gasteiger partial charge in [-0.1, -0.05) is 13.8 Å². The van der Waals surface area contributed by atoms with Gasteiger partial charge in [-0.05, 0) is 18.1 Å². The van der Waals surface area contributed by atoms with E-state index in [1.54, 1.807) is 13.8 Å². The maximum atomic E-state index is 13.4. The summed E-state index contributed by atoms with van der Waals surface area (Å²) in [5.41, 5.74) is -0.930. The van der Waals surface area contributed by atoms with Crippen LogP contribution in [-0.2, 0) is 4.79 Å². The van der Waals surface area contributed by atoms with Gasteiger partial charge in [-0.15, -0.1) is 0 Å². The second-order valence-corrected chi connectivity index (χ2v) is 4.46. The Kier molecular flexibility index (Phi) is 4.73. The van der Waals surface area contributed by atoms with Crippen LogP contribution < -0.4 is 5.32 Å². The predicted octanol–water partition coefficient (Wildman–Crippen LogP) is 1.57. The summed E-state index contributed by atoms with van der Waals surface area (Å²) < 4.78 is 13.4. The van der Waals surface area contributed by atoms with E-state index in [1.807, 2.05) is 0 Å². The Labute approximate surface area is 113 Å². The van der Waals surface area contributed by atoms with Crippen LogP contribution in [0.3, 0.4) is 0 Å². The summed E-state index contributed by atoms with van der Waals surface area (Å²) in [6.07, 6.45) is 0. The zero-order valence-corrected chi connectivity index (χ0v) is 10.8. The van der Waals surface area contributed by atoms with Gasteiger partial charge < -0.3 is 10.4 Å². The number of halogens is 1. The molecule has 0 unspecified atom stereocenters. The summed E-state index contributed by atoms with van der Waals surface area (Å²) in [7, 11) is 0. The van der Waals surface area contributed by atoms with Crippen LogP contribution in [0, 0.1) is 21.8 Å². The first-order valence-electron chi connectivity index (χ1n) is 5.71. The second kappa shape index (κ2) is 6.09. The summed E-state index contributed by atoms with van der Waals surface area (Å²) in [6, 6.07) is 1.50. The van der Waals surface area contributed by atoms with Gasteiger partial charge in [0.1, 0.15) is 6.04 Å². The largest absolute Gasteiger partial charge is 0.480 e. The van der Waals surface area contributed by atoms with Crippen molar-refractivity contribution < 1.29 is 24.0 Å². The molecule has 0 aliphatic carbocycles. The second-order valence-electron chi connectivity index (χ2n) is 4.46. The molecule has 0 aliphatic rings. The van der Waals surface area contributed by atoms with Crippen molar-refractivity contribution >= 4 is 17.6 Å². The highest BCUT2D eigenvalue weighted by Gasteiger charge is 2.25. The normalized spacial score (nSPS) is 12.0. The number of carbonyl (C=O) groups is 2. The molecule has 0 saturated heterocycles. The molecule has 1 rings (SSSR count). The van der Waals surface area contributed by atoms with Crippen LogP contribution in [0.25, 0.3) is 0 Å². The molecule has 1 aromatic rings. The SMILES string of the molecule is CC(C)[C@@H](NC(=O)c1ccc([N+](=O)[O-])c(F)c1)C(=O)O. The van der Waals surface area contributed by atoms with Gasteiger partial charge >= 0.3 is 11.7 Å². The van der Waals surface area contributed by atoms with Gasteiger partial charge in [0, 0.05) is 11.6 Å². The van der Waals surface area contributed by atoms with E-state index < -0.39 is 34.3 Å². The summed E-state index contributed by atoms with van der Waals surface area (Å²) in [5.74, 6) is -3.53. The molecule has 8 heteroatoms. The van der Waals surface area contributed by atoms with E-state index in [2.05, 4.69) is 5.32 Å². The maximum absolute atomic E-state index is 13.4. The van der Waals surface area contributed by atoms with Crippen LogP contribution in [-0.4, -0.2) is 27.9 Å². The molecule has 108 valence electrons. The van der Waals surface area contributed by atoms with E-state index in [1.165, 1.54) is 0 Å². The number of carboxylic acids is 1. The lowest BCUT2D eigenvalue weighted by atomic mass is 10.0. The molecule has 20 heavy (non-hydrogen) atoms. The van der Waals surface area contributed by atoms with Crippen molar-refractivity contribution in [1.82, 2.24) is 5.32 Å². The Morgan fingerprint density at radius 2 is 2.00 bits per heavy atom. The minimum absolute atomic E-state index is 0.181. The molecule has 0 radical (unpaired) electrons. The average molecular weight is 284 g/mol. The summed E-state index contributed by atoms with van der Waals surface area (Å²) >= 11 is 0. The van der Waals surface area contributed by atoms with Crippen LogP contribution in [0.15, 0.2) is 18.2 Å². The molecule has 1 aromatic carbocycles. The predicted molar refractivity (Wildman–Crippen MR) is 66.8 cm³/mol. The first kappa shape index (κ1) is 15.5. The minimum Gasteiger partial charge on any atom is -0.480 e. The van der Waals surface area contributed by atoms with E-state index in [4.69, 9.17) is 5.11 Å². The van der Waals surface area contributed by atoms with Crippen molar-refractivity contribution in [1.29, 1.82) is 0 Å². The number of hydrogen-bond donors (Lipinski definition) is 2. The van der Waals surface area contributed by atoms with Gasteiger partial charge in [-0.25, -0.2) is 4.79 Å². The molecular weight excluding hydrogens is 271 g/mol. The van der Waals surface area contributed by atoms with Gasteiger partial charge in [0.25, 0.3) is 5.91 Å². The van der Waals surface area contributed by atoms with E-state index in [-0.39, 0.29) is 11.5 Å². The lowest BCUT2D eigenvalue weighted by molar-refractivity contribution is -0.387. The molecule has 0 aliphatic heterocycles. The Bertz CT molecular complexity index is 559. The van der Waals surface area contributed by atoms with Gasteiger partial charge in [-0.3, -0.25) is 14.9 Å². The zero-order chi connectivity index (χ0) is 15.4. The number of nitrogens with one attached hydrogen (secondary N) is 1. The Hall–Kier alpha value is -2.51. The van der Waals surface area contributed by atoms with E-state index in [0.29, 0.717) is 6.07 Å². The third-order valence-electron chi connectivity index (χ3n) is 2.63. The molecule has 0 fully saturated rings. The smallest absolute Gasteiger partial charge is 0.326 e. The van der Waals surface area contributed by atoms with Gasteiger partial charge in [0.05, 0.1) is 4.92 Å². The minimum atomic E-state index is -1.21. The Morgan fingerprint density at radius 1 is 1.40 bits per heavy atom. The van der Waals surface area contributed by atoms with E-state index in [9.17, 15) is 24.1 Å². The fraction of sp³-hybridized carbons (Fsp3) is 0.333. The molecule has 0 heterocycles. The van der Waals surface area contributed by atoms with Crippen molar-refractivity contribution in [2.24, 2.45) is 5.92 Å². The molecule has 0 aromatic heterocycles. The first-order chi connectivity index (χ1) is 9.23. The molecule has 1 amide bonds. The molecule has 0 bridgehead atoms. The van der Waals surface area contributed by atoms with Crippen LogP contribution in [0.5, 0.6) is 0 Å². The van der Waals surface area contributed by atoms with Gasteiger partial charge in [0.2, 0.25) is 5.82 Å². The van der Waals surface area contributed by atoms with Crippen molar-refractivity contribution in [3.63, 3.8) is 0 Å². The number of carbonyl (C=O) groups excluding carboxylic acids is 1. The van der Waals surface area contributed by atoms with Crippen LogP contribution in [0.1, 0.15) is 24.2 Å². The topological polar surface area (TPSA) is 110 Å². The number of benzene rings is 1. The number of carboxylic acid groups (broad SMARTS) is 1. The Morgan fingerprint density at radius 3 is 2.40 bits per heavy atom. The number of nitro benzene ring substituents is 1. The van der Waals surface area contributed by atoms with Crippen molar-refractivity contribution in [2.45, 2.75) is 19.9 Å². The van der Waals surface area contributed by atoms with Crippen molar-refractivity contribution in [3.8, 4) is 0 Å². The van der Waals surface area contributed by atoms with Crippen LogP contribution in [0.4, 0.5) is 10.1 Å². The summed E-state index contributed by atoms with van der Waals surface area (Å²) in [6.45, 7) is 3.21. The van der Waals surface area contributed by atoms with E-state index in [0.717, 1.165) is 12.1 Å². The fourth-order valence-electron chi connectivity index (χ4n) is 1.53. The van der Waals surface area contributed by atoms with Crippen molar-refractivity contribution in [3.05, 3.63) is 39.7 Å². The molecular formula is C12H13FN2O5. The molecule has 2 N–H and O–H groups in total. The lowest BCUT2D eigenvalue weighted by Gasteiger charge is -2.17. The summed E-state index contributed by atoms with van der Waals surface area (Å²) in [5, 5.41) is 21.6. The molecule has 7 nitrogen and oxygen atoms in total. The third kappa shape index (κ3) is 3.50. The molecule has 0 saturated carbocycles.